The second kappa shape index (κ2) is 5.38. The van der Waals surface area contributed by atoms with Gasteiger partial charge in [-0.3, -0.25) is 4.90 Å². The van der Waals surface area contributed by atoms with E-state index in [2.05, 4.69) is 16.7 Å². The van der Waals surface area contributed by atoms with Crippen LogP contribution in [0.2, 0.25) is 0 Å². The summed E-state index contributed by atoms with van der Waals surface area (Å²) in [5.41, 5.74) is 5.60. The average Bonchev–Trinajstić information content (AvgIpc) is 3.04. The Morgan fingerprint density at radius 1 is 1.07 bits per heavy atom. The lowest BCUT2D eigenvalue weighted by molar-refractivity contribution is 0.174. The van der Waals surface area contributed by atoms with Crippen LogP contribution in [0.15, 0.2) is 0 Å². The molecule has 0 aromatic heterocycles. The molecule has 1 saturated heterocycles. The largest absolute Gasteiger partial charge is 0.330 e. The summed E-state index contributed by atoms with van der Waals surface area (Å²) in [6.45, 7) is 2.10. The van der Waals surface area contributed by atoms with Gasteiger partial charge in [-0.25, -0.2) is 0 Å². The summed E-state index contributed by atoms with van der Waals surface area (Å²) < 4.78 is 0. The van der Waals surface area contributed by atoms with Crippen molar-refractivity contribution < 1.29 is 0 Å². The predicted octanol–water partition coefficient (Wildman–Crippen LogP) is 1.70. The summed E-state index contributed by atoms with van der Waals surface area (Å²) in [7, 11) is 0. The molecule has 1 heterocycles. The molecule has 1 aliphatic carbocycles. The molecule has 0 radical (unpaired) electrons. The minimum absolute atomic E-state index is 0.852. The van der Waals surface area contributed by atoms with Crippen molar-refractivity contribution in [2.45, 2.75) is 44.2 Å². The van der Waals surface area contributed by atoms with Crippen LogP contribution in [0, 0.1) is 0 Å². The maximum atomic E-state index is 5.60. The topological polar surface area (TPSA) is 29.3 Å². The first-order chi connectivity index (χ1) is 6.92. The first-order valence-electron chi connectivity index (χ1n) is 5.95. The van der Waals surface area contributed by atoms with Crippen LogP contribution in [-0.4, -0.2) is 41.6 Å². The van der Waals surface area contributed by atoms with E-state index < -0.39 is 0 Å². The zero-order valence-electron chi connectivity index (χ0n) is 8.95. The number of hydrogen-bond acceptors (Lipinski definition) is 3. The standard InChI is InChI=1S/C11H22N2S/c12-6-1-7-13(10-2-3-10)11-4-8-14-9-5-11/h10-11H,1-9,12H2. The molecule has 14 heavy (non-hydrogen) atoms. The van der Waals surface area contributed by atoms with Crippen LogP contribution in [-0.2, 0) is 0 Å². The second-order valence-corrected chi connectivity index (χ2v) is 5.68. The first-order valence-corrected chi connectivity index (χ1v) is 7.11. The number of thioether (sulfide) groups is 1. The summed E-state index contributed by atoms with van der Waals surface area (Å²) in [6, 6.07) is 1.81. The maximum absolute atomic E-state index is 5.60. The van der Waals surface area contributed by atoms with Gasteiger partial charge in [-0.15, -0.1) is 0 Å². The third kappa shape index (κ3) is 2.88. The normalized spacial score (nSPS) is 24.4. The number of hydrogen-bond donors (Lipinski definition) is 1. The van der Waals surface area contributed by atoms with Gasteiger partial charge < -0.3 is 5.73 Å². The monoisotopic (exact) mass is 214 g/mol. The van der Waals surface area contributed by atoms with Crippen molar-refractivity contribution in [3.05, 3.63) is 0 Å². The number of nitrogens with two attached hydrogens (primary N) is 1. The summed E-state index contributed by atoms with van der Waals surface area (Å²) >= 11 is 2.12. The Labute approximate surface area is 91.6 Å². The van der Waals surface area contributed by atoms with Crippen molar-refractivity contribution in [2.75, 3.05) is 24.6 Å². The fourth-order valence-corrected chi connectivity index (χ4v) is 3.44. The SMILES string of the molecule is NCCCN(C1CCSCC1)C1CC1. The highest BCUT2D eigenvalue weighted by Gasteiger charge is 2.33. The van der Waals surface area contributed by atoms with Crippen molar-refractivity contribution >= 4 is 11.8 Å². The van der Waals surface area contributed by atoms with E-state index in [1.54, 1.807) is 0 Å². The molecular weight excluding hydrogens is 192 g/mol. The predicted molar refractivity (Wildman–Crippen MR) is 63.7 cm³/mol. The van der Waals surface area contributed by atoms with E-state index in [1.165, 1.54) is 50.2 Å². The molecule has 3 heteroatoms. The zero-order valence-corrected chi connectivity index (χ0v) is 9.77. The van der Waals surface area contributed by atoms with Crippen molar-refractivity contribution in [1.82, 2.24) is 4.90 Å². The van der Waals surface area contributed by atoms with Gasteiger partial charge in [0.25, 0.3) is 0 Å². The molecule has 0 unspecified atom stereocenters. The Hall–Kier alpha value is 0.270. The summed E-state index contributed by atoms with van der Waals surface area (Å²) in [5.74, 6) is 2.74. The fraction of sp³-hybridized carbons (Fsp3) is 1.00. The van der Waals surface area contributed by atoms with Crippen LogP contribution >= 0.6 is 11.8 Å². The molecule has 2 N–H and O–H groups in total. The summed E-state index contributed by atoms with van der Waals surface area (Å²) in [6.07, 6.45) is 6.88. The molecule has 0 atom stereocenters. The Bertz CT molecular complexity index is 165. The minimum atomic E-state index is 0.852. The molecule has 2 rings (SSSR count). The van der Waals surface area contributed by atoms with Crippen LogP contribution in [0.1, 0.15) is 32.1 Å². The van der Waals surface area contributed by atoms with Gasteiger partial charge in [0.1, 0.15) is 0 Å². The minimum Gasteiger partial charge on any atom is -0.330 e. The highest BCUT2D eigenvalue weighted by Crippen LogP contribution is 2.33. The number of rotatable bonds is 5. The van der Waals surface area contributed by atoms with Crippen molar-refractivity contribution in [3.63, 3.8) is 0 Å². The third-order valence-corrected chi connectivity index (χ3v) is 4.34. The van der Waals surface area contributed by atoms with Gasteiger partial charge in [0.15, 0.2) is 0 Å². The van der Waals surface area contributed by atoms with Gasteiger partial charge in [-0.1, -0.05) is 0 Å². The quantitative estimate of drug-likeness (QED) is 0.755. The van der Waals surface area contributed by atoms with Crippen LogP contribution in [0.4, 0.5) is 0 Å². The molecule has 0 spiro atoms. The van der Waals surface area contributed by atoms with Gasteiger partial charge in [-0.05, 0) is 56.7 Å². The lowest BCUT2D eigenvalue weighted by Gasteiger charge is -2.34. The highest BCUT2D eigenvalue weighted by molar-refractivity contribution is 7.99. The van der Waals surface area contributed by atoms with E-state index in [-0.39, 0.29) is 0 Å². The molecule has 1 aliphatic heterocycles. The summed E-state index contributed by atoms with van der Waals surface area (Å²) in [4.78, 5) is 2.76. The first kappa shape index (κ1) is 10.8. The van der Waals surface area contributed by atoms with Crippen LogP contribution in [0.5, 0.6) is 0 Å². The van der Waals surface area contributed by atoms with Crippen LogP contribution in [0.25, 0.3) is 0 Å². The molecule has 0 aromatic rings. The van der Waals surface area contributed by atoms with Crippen molar-refractivity contribution in [2.24, 2.45) is 5.73 Å². The average molecular weight is 214 g/mol. The lowest BCUT2D eigenvalue weighted by Crippen LogP contribution is -2.40. The Balaban J connectivity index is 1.81. The van der Waals surface area contributed by atoms with Crippen molar-refractivity contribution in [3.8, 4) is 0 Å². The Morgan fingerprint density at radius 2 is 1.71 bits per heavy atom. The Morgan fingerprint density at radius 3 is 2.29 bits per heavy atom. The molecule has 0 bridgehead atoms. The van der Waals surface area contributed by atoms with Crippen LogP contribution < -0.4 is 5.73 Å². The van der Waals surface area contributed by atoms with E-state index in [9.17, 15) is 0 Å². The number of nitrogens with zero attached hydrogens (tertiary/aromatic N) is 1. The molecule has 2 fully saturated rings. The molecule has 82 valence electrons. The highest BCUT2D eigenvalue weighted by atomic mass is 32.2. The molecular formula is C11H22N2S. The lowest BCUT2D eigenvalue weighted by atomic mass is 10.1. The van der Waals surface area contributed by atoms with E-state index in [0.29, 0.717) is 0 Å². The van der Waals surface area contributed by atoms with E-state index in [4.69, 9.17) is 5.73 Å². The molecule has 2 aliphatic rings. The van der Waals surface area contributed by atoms with Crippen LogP contribution in [0.3, 0.4) is 0 Å². The Kier molecular flexibility index (Phi) is 4.14. The van der Waals surface area contributed by atoms with Gasteiger partial charge in [0.05, 0.1) is 0 Å². The third-order valence-electron chi connectivity index (χ3n) is 3.30. The van der Waals surface area contributed by atoms with E-state index >= 15 is 0 Å². The van der Waals surface area contributed by atoms with Gasteiger partial charge in [0.2, 0.25) is 0 Å². The molecule has 0 aromatic carbocycles. The van der Waals surface area contributed by atoms with E-state index in [0.717, 1.165) is 18.6 Å². The molecule has 0 amide bonds. The van der Waals surface area contributed by atoms with Crippen molar-refractivity contribution in [1.29, 1.82) is 0 Å². The smallest absolute Gasteiger partial charge is 0.0114 e. The summed E-state index contributed by atoms with van der Waals surface area (Å²) in [5, 5.41) is 0. The second-order valence-electron chi connectivity index (χ2n) is 4.45. The fourth-order valence-electron chi connectivity index (χ4n) is 2.36. The molecule has 1 saturated carbocycles. The van der Waals surface area contributed by atoms with E-state index in [1.807, 2.05) is 0 Å². The maximum Gasteiger partial charge on any atom is 0.0114 e. The van der Waals surface area contributed by atoms with Gasteiger partial charge >= 0.3 is 0 Å². The van der Waals surface area contributed by atoms with Gasteiger partial charge in [-0.2, -0.15) is 11.8 Å². The van der Waals surface area contributed by atoms with Gasteiger partial charge in [0, 0.05) is 12.1 Å². The molecule has 2 nitrogen and oxygen atoms in total. The zero-order chi connectivity index (χ0) is 9.80.